The van der Waals surface area contributed by atoms with E-state index in [2.05, 4.69) is 10.3 Å². The zero-order valence-electron chi connectivity index (χ0n) is 11.8. The molecule has 2 fully saturated rings. The van der Waals surface area contributed by atoms with Gasteiger partial charge in [0.05, 0.1) is 6.54 Å². The topological polar surface area (TPSA) is 107 Å². The minimum Gasteiger partial charge on any atom is -0.480 e. The third kappa shape index (κ3) is 2.16. The summed E-state index contributed by atoms with van der Waals surface area (Å²) >= 11 is 0. The van der Waals surface area contributed by atoms with Crippen molar-refractivity contribution < 1.29 is 19.1 Å². The van der Waals surface area contributed by atoms with Crippen molar-refractivity contribution >= 4 is 23.6 Å². The lowest BCUT2D eigenvalue weighted by atomic mass is 9.77. The van der Waals surface area contributed by atoms with Crippen molar-refractivity contribution in [3.05, 3.63) is 12.1 Å². The van der Waals surface area contributed by atoms with Gasteiger partial charge < -0.3 is 20.5 Å². The highest BCUT2D eigenvalue weighted by molar-refractivity contribution is 5.95. The summed E-state index contributed by atoms with van der Waals surface area (Å²) < 4.78 is 10.7. The van der Waals surface area contributed by atoms with Crippen molar-refractivity contribution in [2.24, 2.45) is 11.7 Å². The van der Waals surface area contributed by atoms with Crippen molar-refractivity contribution in [1.82, 2.24) is 4.98 Å². The summed E-state index contributed by atoms with van der Waals surface area (Å²) in [5.41, 5.74) is 5.79. The Kier molecular flexibility index (Phi) is 2.93. The van der Waals surface area contributed by atoms with E-state index in [-0.39, 0.29) is 24.7 Å². The van der Waals surface area contributed by atoms with Gasteiger partial charge in [0.1, 0.15) is 11.9 Å². The molecule has 1 aliphatic carbocycles. The first-order chi connectivity index (χ1) is 10.6. The molecule has 1 aromatic heterocycles. The summed E-state index contributed by atoms with van der Waals surface area (Å²) in [6.45, 7) is 0.431. The third-order valence-corrected chi connectivity index (χ3v) is 4.31. The first-order valence-electron chi connectivity index (χ1n) is 7.27. The molecule has 1 saturated heterocycles. The van der Waals surface area contributed by atoms with Crippen LogP contribution in [0.5, 0.6) is 5.75 Å². The summed E-state index contributed by atoms with van der Waals surface area (Å²) in [4.78, 5) is 29.2. The van der Waals surface area contributed by atoms with Gasteiger partial charge in [0.2, 0.25) is 0 Å². The van der Waals surface area contributed by atoms with Crippen LogP contribution in [0.25, 0.3) is 0 Å². The van der Waals surface area contributed by atoms with Crippen LogP contribution in [0.15, 0.2) is 12.1 Å². The minimum atomic E-state index is -0.416. The van der Waals surface area contributed by atoms with Crippen molar-refractivity contribution in [1.29, 1.82) is 0 Å². The summed E-state index contributed by atoms with van der Waals surface area (Å²) in [7, 11) is 0. The number of nitrogens with two attached hydrogens (primary N) is 1. The molecule has 1 unspecified atom stereocenters. The molecule has 8 heteroatoms. The maximum absolute atomic E-state index is 12.1. The van der Waals surface area contributed by atoms with E-state index in [4.69, 9.17) is 15.2 Å². The number of nitrogens with one attached hydrogen (secondary N) is 1. The standard InChI is InChI=1S/C14H16N4O4/c15-8-3-7(4-8)10-5-18(14(20)22-10)11-2-1-9-13(16-11)17-12(19)6-21-9/h1-2,7-8,10H,3-6,15H2,(H,16,17,19). The van der Waals surface area contributed by atoms with Crippen molar-refractivity contribution in [2.75, 3.05) is 23.4 Å². The van der Waals surface area contributed by atoms with Gasteiger partial charge in [-0.25, -0.2) is 9.78 Å². The predicted octanol–water partition coefficient (Wildman–Crippen LogP) is 0.475. The van der Waals surface area contributed by atoms with Gasteiger partial charge in [-0.1, -0.05) is 0 Å². The lowest BCUT2D eigenvalue weighted by Crippen LogP contribution is -2.43. The molecule has 1 saturated carbocycles. The largest absolute Gasteiger partial charge is 0.480 e. The van der Waals surface area contributed by atoms with Gasteiger partial charge in [0.15, 0.2) is 18.2 Å². The molecule has 3 heterocycles. The molecule has 2 amide bonds. The average Bonchev–Trinajstić information content (AvgIpc) is 2.84. The number of ether oxygens (including phenoxy) is 2. The molecule has 8 nitrogen and oxygen atoms in total. The quantitative estimate of drug-likeness (QED) is 0.822. The Morgan fingerprint density at radius 2 is 2.14 bits per heavy atom. The maximum atomic E-state index is 12.1. The molecule has 0 spiro atoms. The minimum absolute atomic E-state index is 0.0240. The van der Waals surface area contributed by atoms with Crippen molar-refractivity contribution in [2.45, 2.75) is 25.0 Å². The third-order valence-electron chi connectivity index (χ3n) is 4.31. The number of hydrogen-bond donors (Lipinski definition) is 2. The van der Waals surface area contributed by atoms with Crippen LogP contribution in [-0.2, 0) is 9.53 Å². The Hall–Kier alpha value is -2.35. The predicted molar refractivity (Wildman–Crippen MR) is 76.7 cm³/mol. The first-order valence-corrected chi connectivity index (χ1v) is 7.27. The molecule has 0 bridgehead atoms. The SMILES string of the molecule is NC1CC(C2CN(c3ccc4c(n3)NC(=O)CO4)C(=O)O2)C1. The zero-order chi connectivity index (χ0) is 15.3. The van der Waals surface area contributed by atoms with Gasteiger partial charge >= 0.3 is 6.09 Å². The molecule has 0 radical (unpaired) electrons. The number of cyclic esters (lactones) is 1. The number of carbonyl (C=O) groups excluding carboxylic acids is 2. The van der Waals surface area contributed by atoms with Crippen molar-refractivity contribution in [3.63, 3.8) is 0 Å². The normalized spacial score (nSPS) is 30.0. The smallest absolute Gasteiger partial charge is 0.415 e. The molecule has 22 heavy (non-hydrogen) atoms. The number of aromatic nitrogens is 1. The summed E-state index contributed by atoms with van der Waals surface area (Å²) in [5.74, 6) is 1.33. The monoisotopic (exact) mass is 304 g/mol. The Morgan fingerprint density at radius 3 is 2.91 bits per heavy atom. The van der Waals surface area contributed by atoms with E-state index in [0.717, 1.165) is 12.8 Å². The Labute approximate surface area is 126 Å². The molecule has 0 aromatic carbocycles. The van der Waals surface area contributed by atoms with Gasteiger partial charge in [0.25, 0.3) is 5.91 Å². The molecule has 116 valence electrons. The first kappa shape index (κ1) is 13.3. The van der Waals surface area contributed by atoms with Crippen LogP contribution in [0.3, 0.4) is 0 Å². The van der Waals surface area contributed by atoms with E-state index >= 15 is 0 Å². The van der Waals surface area contributed by atoms with Gasteiger partial charge in [0, 0.05) is 12.0 Å². The second-order valence-corrected chi connectivity index (χ2v) is 5.88. The highest BCUT2D eigenvalue weighted by Gasteiger charge is 2.42. The van der Waals surface area contributed by atoms with E-state index in [1.165, 1.54) is 4.90 Å². The number of nitrogens with zero attached hydrogens (tertiary/aromatic N) is 2. The fraction of sp³-hybridized carbons (Fsp3) is 0.500. The second-order valence-electron chi connectivity index (χ2n) is 5.88. The molecule has 3 aliphatic rings. The molecule has 4 rings (SSSR count). The second kappa shape index (κ2) is 4.84. The van der Waals surface area contributed by atoms with Crippen LogP contribution < -0.4 is 20.7 Å². The van der Waals surface area contributed by atoms with Crippen LogP contribution in [0, 0.1) is 5.92 Å². The number of amides is 2. The number of rotatable bonds is 2. The fourth-order valence-corrected chi connectivity index (χ4v) is 3.03. The van der Waals surface area contributed by atoms with Crippen LogP contribution in [0.4, 0.5) is 16.4 Å². The molecule has 1 aromatic rings. The van der Waals surface area contributed by atoms with Gasteiger partial charge in [-0.3, -0.25) is 9.69 Å². The van der Waals surface area contributed by atoms with Crippen LogP contribution in [-0.4, -0.2) is 42.3 Å². The Balaban J connectivity index is 1.53. The molecule has 2 aliphatic heterocycles. The molecular weight excluding hydrogens is 288 g/mol. The fourth-order valence-electron chi connectivity index (χ4n) is 3.03. The van der Waals surface area contributed by atoms with Crippen LogP contribution >= 0.6 is 0 Å². The summed E-state index contributed by atoms with van der Waals surface area (Å²) in [6, 6.07) is 3.59. The highest BCUT2D eigenvalue weighted by atomic mass is 16.6. The number of carbonyl (C=O) groups is 2. The zero-order valence-corrected chi connectivity index (χ0v) is 11.8. The van der Waals surface area contributed by atoms with Gasteiger partial charge in [-0.05, 0) is 25.0 Å². The molecule has 3 N–H and O–H groups in total. The van der Waals surface area contributed by atoms with E-state index in [0.29, 0.717) is 29.8 Å². The number of hydrogen-bond acceptors (Lipinski definition) is 6. The van der Waals surface area contributed by atoms with Crippen LogP contribution in [0.1, 0.15) is 12.8 Å². The summed E-state index contributed by atoms with van der Waals surface area (Å²) in [5, 5.41) is 2.63. The van der Waals surface area contributed by atoms with Crippen molar-refractivity contribution in [3.8, 4) is 5.75 Å². The van der Waals surface area contributed by atoms with Gasteiger partial charge in [-0.2, -0.15) is 0 Å². The number of fused-ring (bicyclic) bond motifs is 1. The molecular formula is C14H16N4O4. The Morgan fingerprint density at radius 1 is 1.32 bits per heavy atom. The number of anilines is 2. The average molecular weight is 304 g/mol. The lowest BCUT2D eigenvalue weighted by Gasteiger charge is -2.35. The van der Waals surface area contributed by atoms with E-state index in [1.54, 1.807) is 12.1 Å². The molecule has 1 atom stereocenters. The lowest BCUT2D eigenvalue weighted by molar-refractivity contribution is -0.118. The number of pyridine rings is 1. The van der Waals surface area contributed by atoms with E-state index in [9.17, 15) is 9.59 Å². The van der Waals surface area contributed by atoms with E-state index < -0.39 is 6.09 Å². The van der Waals surface area contributed by atoms with Gasteiger partial charge in [-0.15, -0.1) is 0 Å². The Bertz CT molecular complexity index is 644. The highest BCUT2D eigenvalue weighted by Crippen LogP contribution is 2.36. The van der Waals surface area contributed by atoms with Crippen LogP contribution in [0.2, 0.25) is 0 Å². The maximum Gasteiger partial charge on any atom is 0.415 e. The van der Waals surface area contributed by atoms with E-state index in [1.807, 2.05) is 0 Å². The summed E-state index contributed by atoms with van der Waals surface area (Å²) in [6.07, 6.45) is 1.21.